The Labute approximate surface area is 120 Å². The summed E-state index contributed by atoms with van der Waals surface area (Å²) >= 11 is 1.31. The number of nitrogens with zero attached hydrogens (tertiary/aromatic N) is 1. The number of amides is 2. The van der Waals surface area contributed by atoms with E-state index < -0.39 is 11.9 Å². The number of aliphatic carboxylic acids is 1. The Kier molecular flexibility index (Phi) is 4.73. The van der Waals surface area contributed by atoms with Crippen LogP contribution in [0.1, 0.15) is 22.5 Å². The fraction of sp³-hybridized carbons (Fsp3) is 0.462. The lowest BCUT2D eigenvalue weighted by Gasteiger charge is -2.30. The highest BCUT2D eigenvalue weighted by Crippen LogP contribution is 2.16. The molecule has 2 heterocycles. The zero-order valence-electron chi connectivity index (χ0n) is 10.9. The second-order valence-corrected chi connectivity index (χ2v) is 5.62. The number of carboxylic acid groups (broad SMARTS) is 1. The maximum atomic E-state index is 12.0. The number of carbonyl (C=O) groups excluding carboxylic acids is 2. The van der Waals surface area contributed by atoms with Gasteiger partial charge >= 0.3 is 5.97 Å². The molecule has 108 valence electrons. The standard InChI is InChI=1S/C13H16N2O4S/c16-11(7-14-12(17)10-4-2-6-20-10)15-5-1-3-9(8-15)13(18)19/h2,4,6,9H,1,3,5,7-8H2,(H,14,17)(H,18,19)/t9-/m0/s1. The topological polar surface area (TPSA) is 86.7 Å². The number of rotatable bonds is 4. The van der Waals surface area contributed by atoms with Crippen molar-refractivity contribution >= 4 is 29.1 Å². The van der Waals surface area contributed by atoms with Crippen molar-refractivity contribution in [1.29, 1.82) is 0 Å². The van der Waals surface area contributed by atoms with E-state index in [1.807, 2.05) is 0 Å². The average Bonchev–Trinajstić information content (AvgIpc) is 2.98. The molecule has 1 saturated heterocycles. The van der Waals surface area contributed by atoms with Crippen LogP contribution in [-0.4, -0.2) is 47.4 Å². The lowest BCUT2D eigenvalue weighted by Crippen LogP contribution is -2.46. The SMILES string of the molecule is O=C(NCC(=O)N1CCC[C@H](C(=O)O)C1)c1cccs1. The van der Waals surface area contributed by atoms with Gasteiger partial charge < -0.3 is 15.3 Å². The molecular weight excluding hydrogens is 280 g/mol. The van der Waals surface area contributed by atoms with Gasteiger partial charge in [-0.15, -0.1) is 11.3 Å². The predicted octanol–water partition coefficient (Wildman–Crippen LogP) is 0.801. The normalized spacial score (nSPS) is 18.6. The summed E-state index contributed by atoms with van der Waals surface area (Å²) < 4.78 is 0. The van der Waals surface area contributed by atoms with Crippen LogP contribution in [0.4, 0.5) is 0 Å². The number of piperidine rings is 1. The molecule has 0 aliphatic carbocycles. The van der Waals surface area contributed by atoms with E-state index in [4.69, 9.17) is 5.11 Å². The molecule has 1 atom stereocenters. The van der Waals surface area contributed by atoms with Crippen LogP contribution in [-0.2, 0) is 9.59 Å². The number of carboxylic acids is 1. The molecule has 0 radical (unpaired) electrons. The lowest BCUT2D eigenvalue weighted by molar-refractivity contribution is -0.145. The highest BCUT2D eigenvalue weighted by molar-refractivity contribution is 7.12. The van der Waals surface area contributed by atoms with Gasteiger partial charge in [0.1, 0.15) is 0 Å². The Bertz CT molecular complexity index is 500. The van der Waals surface area contributed by atoms with Crippen molar-refractivity contribution in [3.8, 4) is 0 Å². The molecule has 0 unspecified atom stereocenters. The van der Waals surface area contributed by atoms with E-state index in [0.717, 1.165) is 0 Å². The van der Waals surface area contributed by atoms with Gasteiger partial charge in [-0.05, 0) is 24.3 Å². The fourth-order valence-corrected chi connectivity index (χ4v) is 2.81. The number of hydrogen-bond donors (Lipinski definition) is 2. The van der Waals surface area contributed by atoms with Crippen molar-refractivity contribution in [1.82, 2.24) is 10.2 Å². The van der Waals surface area contributed by atoms with Gasteiger partial charge in [0, 0.05) is 13.1 Å². The van der Waals surface area contributed by atoms with Crippen LogP contribution in [0.15, 0.2) is 17.5 Å². The average molecular weight is 296 g/mol. The zero-order valence-corrected chi connectivity index (χ0v) is 11.7. The van der Waals surface area contributed by atoms with Crippen molar-refractivity contribution in [2.24, 2.45) is 5.92 Å². The molecule has 1 fully saturated rings. The molecule has 1 aromatic rings. The summed E-state index contributed by atoms with van der Waals surface area (Å²) in [6.45, 7) is 0.684. The van der Waals surface area contributed by atoms with E-state index in [9.17, 15) is 14.4 Å². The summed E-state index contributed by atoms with van der Waals surface area (Å²) in [7, 11) is 0. The molecule has 0 saturated carbocycles. The van der Waals surface area contributed by atoms with Gasteiger partial charge in [0.05, 0.1) is 17.3 Å². The molecule has 1 aromatic heterocycles. The number of thiophene rings is 1. The van der Waals surface area contributed by atoms with Gasteiger partial charge in [-0.2, -0.15) is 0 Å². The smallest absolute Gasteiger partial charge is 0.308 e. The summed E-state index contributed by atoms with van der Waals surface area (Å²) in [5, 5.41) is 13.3. The molecule has 2 N–H and O–H groups in total. The molecule has 1 aliphatic rings. The molecule has 0 spiro atoms. The first-order valence-corrected chi connectivity index (χ1v) is 7.28. The predicted molar refractivity (Wildman–Crippen MR) is 73.6 cm³/mol. The maximum Gasteiger partial charge on any atom is 0.308 e. The monoisotopic (exact) mass is 296 g/mol. The van der Waals surface area contributed by atoms with Gasteiger partial charge in [-0.25, -0.2) is 0 Å². The van der Waals surface area contributed by atoms with E-state index in [1.165, 1.54) is 16.2 Å². The van der Waals surface area contributed by atoms with E-state index in [2.05, 4.69) is 5.32 Å². The van der Waals surface area contributed by atoms with Crippen LogP contribution in [0, 0.1) is 5.92 Å². The summed E-state index contributed by atoms with van der Waals surface area (Å²) in [5.74, 6) is -1.88. The van der Waals surface area contributed by atoms with E-state index in [0.29, 0.717) is 24.3 Å². The molecular formula is C13H16N2O4S. The Morgan fingerprint density at radius 1 is 1.45 bits per heavy atom. The van der Waals surface area contributed by atoms with Crippen molar-refractivity contribution in [2.45, 2.75) is 12.8 Å². The molecule has 7 heteroatoms. The third-order valence-corrected chi connectivity index (χ3v) is 4.14. The summed E-state index contributed by atoms with van der Waals surface area (Å²) in [6, 6.07) is 3.45. The molecule has 1 aliphatic heterocycles. The van der Waals surface area contributed by atoms with Gasteiger partial charge in [-0.3, -0.25) is 14.4 Å². The van der Waals surface area contributed by atoms with E-state index in [1.54, 1.807) is 17.5 Å². The van der Waals surface area contributed by atoms with Crippen LogP contribution in [0.3, 0.4) is 0 Å². The zero-order chi connectivity index (χ0) is 14.5. The number of hydrogen-bond acceptors (Lipinski definition) is 4. The highest BCUT2D eigenvalue weighted by atomic mass is 32.1. The van der Waals surface area contributed by atoms with Gasteiger partial charge in [0.2, 0.25) is 5.91 Å². The van der Waals surface area contributed by atoms with Crippen molar-refractivity contribution in [3.63, 3.8) is 0 Å². The first-order valence-electron chi connectivity index (χ1n) is 6.40. The van der Waals surface area contributed by atoms with Crippen LogP contribution in [0.5, 0.6) is 0 Å². The summed E-state index contributed by atoms with van der Waals surface area (Å²) in [5.41, 5.74) is 0. The number of carbonyl (C=O) groups is 3. The third kappa shape index (κ3) is 3.57. The minimum Gasteiger partial charge on any atom is -0.481 e. The maximum absolute atomic E-state index is 12.0. The third-order valence-electron chi connectivity index (χ3n) is 3.27. The Morgan fingerprint density at radius 2 is 2.25 bits per heavy atom. The molecule has 2 rings (SSSR count). The molecule has 0 bridgehead atoms. The largest absolute Gasteiger partial charge is 0.481 e. The summed E-state index contributed by atoms with van der Waals surface area (Å²) in [4.78, 5) is 36.7. The second-order valence-electron chi connectivity index (χ2n) is 4.68. The van der Waals surface area contributed by atoms with Gasteiger partial charge in [-0.1, -0.05) is 6.07 Å². The Hall–Kier alpha value is -1.89. The molecule has 2 amide bonds. The lowest BCUT2D eigenvalue weighted by atomic mass is 9.98. The van der Waals surface area contributed by atoms with Crippen molar-refractivity contribution in [3.05, 3.63) is 22.4 Å². The van der Waals surface area contributed by atoms with E-state index >= 15 is 0 Å². The first-order chi connectivity index (χ1) is 9.58. The van der Waals surface area contributed by atoms with Crippen molar-refractivity contribution < 1.29 is 19.5 Å². The Balaban J connectivity index is 1.82. The van der Waals surface area contributed by atoms with Gasteiger partial charge in [0.15, 0.2) is 0 Å². The van der Waals surface area contributed by atoms with Crippen molar-refractivity contribution in [2.75, 3.05) is 19.6 Å². The molecule has 0 aromatic carbocycles. The minimum absolute atomic E-state index is 0.0942. The molecule has 6 nitrogen and oxygen atoms in total. The van der Waals surface area contributed by atoms with Crippen LogP contribution in [0.25, 0.3) is 0 Å². The molecule has 20 heavy (non-hydrogen) atoms. The quantitative estimate of drug-likeness (QED) is 0.860. The number of nitrogens with one attached hydrogen (secondary N) is 1. The fourth-order valence-electron chi connectivity index (χ4n) is 2.17. The van der Waals surface area contributed by atoms with E-state index in [-0.39, 0.29) is 24.9 Å². The van der Waals surface area contributed by atoms with Gasteiger partial charge in [0.25, 0.3) is 5.91 Å². The Morgan fingerprint density at radius 3 is 2.90 bits per heavy atom. The minimum atomic E-state index is -0.870. The summed E-state index contributed by atoms with van der Waals surface area (Å²) in [6.07, 6.45) is 1.28. The second kappa shape index (κ2) is 6.51. The van der Waals surface area contributed by atoms with Crippen LogP contribution in [0.2, 0.25) is 0 Å². The van der Waals surface area contributed by atoms with Crippen LogP contribution < -0.4 is 5.32 Å². The number of likely N-dealkylation sites (tertiary alicyclic amines) is 1. The first kappa shape index (κ1) is 14.5. The van der Waals surface area contributed by atoms with Crippen LogP contribution >= 0.6 is 11.3 Å². The highest BCUT2D eigenvalue weighted by Gasteiger charge is 2.28.